The maximum Gasteiger partial charge on any atom is 0.286 e. The molecule has 4 nitrogen and oxygen atoms in total. The molecule has 1 amide bonds. The van der Waals surface area contributed by atoms with Crippen LogP contribution in [0.15, 0.2) is 24.4 Å². The van der Waals surface area contributed by atoms with Gasteiger partial charge in [-0.25, -0.2) is 18.7 Å². The summed E-state index contributed by atoms with van der Waals surface area (Å²) >= 11 is 0. The smallest absolute Gasteiger partial charge is 0.286 e. The zero-order valence-electron chi connectivity index (χ0n) is 9.45. The van der Waals surface area contributed by atoms with Gasteiger partial charge in [-0.1, -0.05) is 6.07 Å². The van der Waals surface area contributed by atoms with E-state index in [1.54, 1.807) is 6.92 Å². The lowest BCUT2D eigenvalue weighted by molar-refractivity contribution is 0.0990. The first kappa shape index (κ1) is 12.1. The van der Waals surface area contributed by atoms with Crippen molar-refractivity contribution in [2.75, 3.05) is 0 Å². The van der Waals surface area contributed by atoms with Crippen molar-refractivity contribution in [1.29, 1.82) is 0 Å². The van der Waals surface area contributed by atoms with Crippen LogP contribution in [0.3, 0.4) is 0 Å². The van der Waals surface area contributed by atoms with Gasteiger partial charge in [0.1, 0.15) is 0 Å². The average molecular weight is 249 g/mol. The zero-order valence-corrected chi connectivity index (χ0v) is 9.45. The largest absolute Gasteiger partial charge is 0.363 e. The van der Waals surface area contributed by atoms with E-state index in [2.05, 4.69) is 9.97 Å². The van der Waals surface area contributed by atoms with Crippen molar-refractivity contribution >= 4 is 5.91 Å². The molecule has 0 aliphatic rings. The second-order valence-electron chi connectivity index (χ2n) is 3.69. The second-order valence-corrected chi connectivity index (χ2v) is 3.69. The molecule has 0 aliphatic heterocycles. The number of aromatic nitrogens is 2. The number of nitrogens with zero attached hydrogens (tertiary/aromatic N) is 2. The Labute approximate surface area is 101 Å². The molecule has 18 heavy (non-hydrogen) atoms. The molecular weight excluding hydrogens is 240 g/mol. The van der Waals surface area contributed by atoms with Gasteiger partial charge in [0.05, 0.1) is 5.69 Å². The number of carbonyl (C=O) groups is 1. The fourth-order valence-electron chi connectivity index (χ4n) is 1.52. The number of nitrogens with two attached hydrogens (primary N) is 1. The first-order valence-electron chi connectivity index (χ1n) is 5.08. The van der Waals surface area contributed by atoms with Crippen LogP contribution in [0.2, 0.25) is 0 Å². The fourth-order valence-corrected chi connectivity index (χ4v) is 1.52. The first-order chi connectivity index (χ1) is 8.50. The van der Waals surface area contributed by atoms with Crippen molar-refractivity contribution in [3.05, 3.63) is 47.4 Å². The van der Waals surface area contributed by atoms with E-state index < -0.39 is 17.5 Å². The molecule has 0 bridgehead atoms. The lowest BCUT2D eigenvalue weighted by atomic mass is 10.1. The van der Waals surface area contributed by atoms with Gasteiger partial charge in [-0.05, 0) is 24.6 Å². The van der Waals surface area contributed by atoms with Gasteiger partial charge in [0, 0.05) is 11.8 Å². The number of primary amides is 1. The lowest BCUT2D eigenvalue weighted by Gasteiger charge is -2.07. The Morgan fingerprint density at radius 1 is 1.33 bits per heavy atom. The van der Waals surface area contributed by atoms with Crippen LogP contribution in [0.25, 0.3) is 11.3 Å². The predicted molar refractivity (Wildman–Crippen MR) is 60.6 cm³/mol. The summed E-state index contributed by atoms with van der Waals surface area (Å²) in [7, 11) is 0. The molecule has 0 saturated carbocycles. The molecule has 2 N–H and O–H groups in total. The van der Waals surface area contributed by atoms with Crippen LogP contribution in [0.4, 0.5) is 8.78 Å². The zero-order chi connectivity index (χ0) is 13.3. The molecule has 1 aromatic carbocycles. The third kappa shape index (κ3) is 2.04. The molecule has 92 valence electrons. The number of carbonyl (C=O) groups excluding carboxylic acids is 1. The number of rotatable bonds is 2. The summed E-state index contributed by atoms with van der Waals surface area (Å²) in [5.74, 6) is -3.06. The monoisotopic (exact) mass is 249 g/mol. The molecule has 0 fully saturated rings. The minimum absolute atomic E-state index is 0.0302. The van der Waals surface area contributed by atoms with E-state index in [0.29, 0.717) is 5.56 Å². The highest BCUT2D eigenvalue weighted by Crippen LogP contribution is 2.25. The van der Waals surface area contributed by atoms with Crippen LogP contribution in [0.5, 0.6) is 0 Å². The minimum Gasteiger partial charge on any atom is -0.363 e. The summed E-state index contributed by atoms with van der Waals surface area (Å²) in [5, 5.41) is 0. The second kappa shape index (κ2) is 4.48. The maximum absolute atomic E-state index is 13.6. The van der Waals surface area contributed by atoms with Crippen LogP contribution in [-0.2, 0) is 0 Å². The van der Waals surface area contributed by atoms with Gasteiger partial charge in [-0.15, -0.1) is 0 Å². The van der Waals surface area contributed by atoms with Gasteiger partial charge in [0.15, 0.2) is 11.6 Å². The molecule has 0 spiro atoms. The Bertz CT molecular complexity index is 629. The SMILES string of the molecule is Cc1cnc(C(N)=O)nc1-c1cccc(F)c1F. The molecule has 2 aromatic rings. The Morgan fingerprint density at radius 3 is 2.72 bits per heavy atom. The molecule has 6 heteroatoms. The van der Waals surface area contributed by atoms with Crippen LogP contribution in [-0.4, -0.2) is 15.9 Å². The molecule has 0 saturated heterocycles. The molecular formula is C12H9F2N3O. The Morgan fingerprint density at radius 2 is 2.06 bits per heavy atom. The topological polar surface area (TPSA) is 68.9 Å². The first-order valence-corrected chi connectivity index (χ1v) is 5.08. The van der Waals surface area contributed by atoms with E-state index >= 15 is 0 Å². The summed E-state index contributed by atoms with van der Waals surface area (Å²) in [6, 6.07) is 3.74. The summed E-state index contributed by atoms with van der Waals surface area (Å²) in [5.41, 5.74) is 5.68. The van der Waals surface area contributed by atoms with Crippen molar-refractivity contribution in [3.8, 4) is 11.3 Å². The number of hydrogen-bond donors (Lipinski definition) is 1. The molecule has 0 aliphatic carbocycles. The van der Waals surface area contributed by atoms with E-state index in [-0.39, 0.29) is 17.1 Å². The number of halogens is 2. The highest BCUT2D eigenvalue weighted by atomic mass is 19.2. The number of aryl methyl sites for hydroxylation is 1. The van der Waals surface area contributed by atoms with Gasteiger partial charge < -0.3 is 5.73 Å². The van der Waals surface area contributed by atoms with Crippen LogP contribution >= 0.6 is 0 Å². The number of hydrogen-bond acceptors (Lipinski definition) is 3. The highest BCUT2D eigenvalue weighted by Gasteiger charge is 2.15. The van der Waals surface area contributed by atoms with E-state index in [4.69, 9.17) is 5.73 Å². The van der Waals surface area contributed by atoms with E-state index in [1.165, 1.54) is 18.3 Å². The summed E-state index contributed by atoms with van der Waals surface area (Å²) in [6.45, 7) is 1.63. The van der Waals surface area contributed by atoms with Crippen LogP contribution < -0.4 is 5.73 Å². The van der Waals surface area contributed by atoms with Gasteiger partial charge in [-0.2, -0.15) is 0 Å². The van der Waals surface area contributed by atoms with Crippen molar-refractivity contribution in [1.82, 2.24) is 9.97 Å². The van der Waals surface area contributed by atoms with Crippen LogP contribution in [0.1, 0.15) is 16.2 Å². The molecule has 1 heterocycles. The van der Waals surface area contributed by atoms with Gasteiger partial charge in [0.25, 0.3) is 5.91 Å². The minimum atomic E-state index is -1.02. The predicted octanol–water partition coefficient (Wildman–Crippen LogP) is 1.83. The van der Waals surface area contributed by atoms with Crippen molar-refractivity contribution in [2.45, 2.75) is 6.92 Å². The third-order valence-electron chi connectivity index (χ3n) is 2.40. The molecule has 1 aromatic heterocycles. The summed E-state index contributed by atoms with van der Waals surface area (Å²) in [6.07, 6.45) is 1.34. The lowest BCUT2D eigenvalue weighted by Crippen LogP contribution is -2.16. The van der Waals surface area contributed by atoms with Crippen molar-refractivity contribution in [3.63, 3.8) is 0 Å². The molecule has 0 atom stereocenters. The van der Waals surface area contributed by atoms with E-state index in [0.717, 1.165) is 6.07 Å². The average Bonchev–Trinajstić information content (AvgIpc) is 2.33. The van der Waals surface area contributed by atoms with E-state index in [1.807, 2.05) is 0 Å². The highest BCUT2D eigenvalue weighted by molar-refractivity contribution is 5.89. The van der Waals surface area contributed by atoms with Gasteiger partial charge in [-0.3, -0.25) is 4.79 Å². The summed E-state index contributed by atoms with van der Waals surface area (Å²) in [4.78, 5) is 18.5. The normalized spacial score (nSPS) is 10.4. The fraction of sp³-hybridized carbons (Fsp3) is 0.0833. The van der Waals surface area contributed by atoms with Crippen molar-refractivity contribution < 1.29 is 13.6 Å². The van der Waals surface area contributed by atoms with Gasteiger partial charge in [0.2, 0.25) is 5.82 Å². The number of benzene rings is 1. The Kier molecular flexibility index (Phi) is 3.01. The van der Waals surface area contributed by atoms with E-state index in [9.17, 15) is 13.6 Å². The Balaban J connectivity index is 2.66. The summed E-state index contributed by atoms with van der Waals surface area (Å²) < 4.78 is 26.8. The van der Waals surface area contributed by atoms with Crippen LogP contribution in [0, 0.1) is 18.6 Å². The standard InChI is InChI=1S/C12H9F2N3O/c1-6-5-16-12(11(15)18)17-10(6)7-3-2-4-8(13)9(7)14/h2-5H,1H3,(H2,15,18). The quantitative estimate of drug-likeness (QED) is 0.882. The van der Waals surface area contributed by atoms with Crippen molar-refractivity contribution in [2.24, 2.45) is 5.73 Å². The molecule has 0 radical (unpaired) electrons. The third-order valence-corrected chi connectivity index (χ3v) is 2.40. The van der Waals surface area contributed by atoms with Gasteiger partial charge >= 0.3 is 0 Å². The number of amides is 1. The maximum atomic E-state index is 13.6. The Hall–Kier alpha value is -2.37. The molecule has 2 rings (SSSR count). The molecule has 0 unspecified atom stereocenters.